The maximum Gasteiger partial charge on any atom is 0.185 e. The first-order valence-electron chi connectivity index (χ1n) is 7.18. The SMILES string of the molecule is N=C(N)c1ccc(-c2cccs2)n2nc(-c3ccccc3F)nc12. The smallest absolute Gasteiger partial charge is 0.185 e. The number of nitrogens with zero attached hydrogens (tertiary/aromatic N) is 3. The van der Waals surface area contributed by atoms with Crippen LogP contribution in [0.4, 0.5) is 4.39 Å². The number of aromatic nitrogens is 3. The van der Waals surface area contributed by atoms with Crippen LogP contribution in [0.1, 0.15) is 5.56 Å². The summed E-state index contributed by atoms with van der Waals surface area (Å²) >= 11 is 1.57. The number of thiophene rings is 1. The zero-order chi connectivity index (χ0) is 16.7. The minimum absolute atomic E-state index is 0.106. The number of amidine groups is 1. The maximum atomic E-state index is 14.1. The lowest BCUT2D eigenvalue weighted by Gasteiger charge is -2.05. The van der Waals surface area contributed by atoms with Crippen molar-refractivity contribution in [2.75, 3.05) is 0 Å². The first kappa shape index (κ1) is 14.5. The highest BCUT2D eigenvalue weighted by Crippen LogP contribution is 2.28. The molecule has 0 unspecified atom stereocenters. The molecule has 0 aliphatic carbocycles. The van der Waals surface area contributed by atoms with Gasteiger partial charge in [0.15, 0.2) is 11.5 Å². The predicted molar refractivity (Wildman–Crippen MR) is 92.7 cm³/mol. The molecule has 0 atom stereocenters. The fourth-order valence-corrected chi connectivity index (χ4v) is 3.28. The lowest BCUT2D eigenvalue weighted by atomic mass is 10.2. The zero-order valence-electron chi connectivity index (χ0n) is 12.4. The van der Waals surface area contributed by atoms with Gasteiger partial charge in [-0.25, -0.2) is 13.9 Å². The Bertz CT molecular complexity index is 1050. The number of benzene rings is 1. The van der Waals surface area contributed by atoms with Crippen LogP contribution in [0.25, 0.3) is 27.6 Å². The van der Waals surface area contributed by atoms with E-state index < -0.39 is 5.82 Å². The second-order valence-corrected chi connectivity index (χ2v) is 6.12. The number of pyridine rings is 1. The van der Waals surface area contributed by atoms with E-state index >= 15 is 0 Å². The number of nitrogens with two attached hydrogens (primary N) is 1. The van der Waals surface area contributed by atoms with Gasteiger partial charge < -0.3 is 5.73 Å². The summed E-state index contributed by atoms with van der Waals surface area (Å²) in [6, 6.07) is 13.8. The second-order valence-electron chi connectivity index (χ2n) is 5.17. The molecule has 3 heterocycles. The first-order valence-corrected chi connectivity index (χ1v) is 8.06. The molecule has 4 aromatic rings. The molecule has 0 saturated carbocycles. The Labute approximate surface area is 140 Å². The predicted octanol–water partition coefficient (Wildman–Crippen LogP) is 3.55. The first-order chi connectivity index (χ1) is 11.6. The largest absolute Gasteiger partial charge is 0.384 e. The fourth-order valence-electron chi connectivity index (χ4n) is 2.54. The minimum atomic E-state index is -0.393. The third kappa shape index (κ3) is 2.26. The molecule has 3 N–H and O–H groups in total. The van der Waals surface area contributed by atoms with Crippen LogP contribution in [0.3, 0.4) is 0 Å². The molecule has 0 radical (unpaired) electrons. The van der Waals surface area contributed by atoms with E-state index in [1.807, 2.05) is 23.6 Å². The van der Waals surface area contributed by atoms with Crippen molar-refractivity contribution in [2.24, 2.45) is 5.73 Å². The lowest BCUT2D eigenvalue weighted by Crippen LogP contribution is -2.13. The number of nitrogen functional groups attached to an aromatic ring is 1. The molecule has 0 spiro atoms. The van der Waals surface area contributed by atoms with Gasteiger partial charge >= 0.3 is 0 Å². The van der Waals surface area contributed by atoms with E-state index in [2.05, 4.69) is 10.1 Å². The van der Waals surface area contributed by atoms with Gasteiger partial charge in [0, 0.05) is 0 Å². The topological polar surface area (TPSA) is 80.1 Å². The molecule has 1 aromatic carbocycles. The molecule has 0 aliphatic rings. The Balaban J connectivity index is 2.03. The molecule has 7 heteroatoms. The van der Waals surface area contributed by atoms with E-state index in [-0.39, 0.29) is 11.7 Å². The number of hydrogen-bond donors (Lipinski definition) is 2. The molecule has 0 fully saturated rings. The van der Waals surface area contributed by atoms with Crippen molar-refractivity contribution in [1.29, 1.82) is 5.41 Å². The van der Waals surface area contributed by atoms with Crippen molar-refractivity contribution in [3.8, 4) is 22.0 Å². The Hall–Kier alpha value is -3.06. The molecule has 4 rings (SSSR count). The van der Waals surface area contributed by atoms with Crippen molar-refractivity contribution >= 4 is 22.8 Å². The van der Waals surface area contributed by atoms with Gasteiger partial charge in [0.2, 0.25) is 0 Å². The van der Waals surface area contributed by atoms with E-state index in [0.717, 1.165) is 10.6 Å². The van der Waals surface area contributed by atoms with Crippen molar-refractivity contribution in [3.05, 3.63) is 65.3 Å². The average Bonchev–Trinajstić information content (AvgIpc) is 3.23. The van der Waals surface area contributed by atoms with E-state index in [9.17, 15) is 4.39 Å². The van der Waals surface area contributed by atoms with Crippen molar-refractivity contribution in [2.45, 2.75) is 0 Å². The van der Waals surface area contributed by atoms with E-state index in [1.165, 1.54) is 6.07 Å². The Morgan fingerprint density at radius 1 is 1.12 bits per heavy atom. The molecule has 0 saturated heterocycles. The highest BCUT2D eigenvalue weighted by atomic mass is 32.1. The molecule has 118 valence electrons. The van der Waals surface area contributed by atoms with E-state index in [0.29, 0.717) is 16.8 Å². The van der Waals surface area contributed by atoms with Gasteiger partial charge in [0.25, 0.3) is 0 Å². The van der Waals surface area contributed by atoms with Crippen LogP contribution in [-0.4, -0.2) is 20.4 Å². The van der Waals surface area contributed by atoms with Crippen molar-refractivity contribution in [1.82, 2.24) is 14.6 Å². The van der Waals surface area contributed by atoms with E-state index in [1.54, 1.807) is 40.1 Å². The molecule has 5 nitrogen and oxygen atoms in total. The molecule has 3 aromatic heterocycles. The maximum absolute atomic E-state index is 14.1. The van der Waals surface area contributed by atoms with Crippen molar-refractivity contribution < 1.29 is 4.39 Å². The Morgan fingerprint density at radius 2 is 1.96 bits per heavy atom. The number of fused-ring (bicyclic) bond motifs is 1. The number of nitrogens with one attached hydrogen (secondary N) is 1. The van der Waals surface area contributed by atoms with Crippen LogP contribution in [-0.2, 0) is 0 Å². The quantitative estimate of drug-likeness (QED) is 0.443. The van der Waals surface area contributed by atoms with Crippen molar-refractivity contribution in [3.63, 3.8) is 0 Å². The highest BCUT2D eigenvalue weighted by molar-refractivity contribution is 7.13. The van der Waals surface area contributed by atoms with Gasteiger partial charge in [0.1, 0.15) is 11.7 Å². The second kappa shape index (κ2) is 5.54. The Morgan fingerprint density at radius 3 is 2.67 bits per heavy atom. The summed E-state index contributed by atoms with van der Waals surface area (Å²) in [4.78, 5) is 5.43. The number of hydrogen-bond acceptors (Lipinski definition) is 4. The molecule has 24 heavy (non-hydrogen) atoms. The van der Waals surface area contributed by atoms with Crippen LogP contribution in [0.2, 0.25) is 0 Å². The lowest BCUT2D eigenvalue weighted by molar-refractivity contribution is 0.630. The number of halogens is 1. The van der Waals surface area contributed by atoms with Crippen LogP contribution in [0, 0.1) is 11.2 Å². The standard InChI is InChI=1S/C17H12FN5S/c18-12-5-2-1-4-10(12)16-21-17-11(15(19)20)7-8-13(23(17)22-16)14-6-3-9-24-14/h1-9H,(H3,19,20). The fraction of sp³-hybridized carbons (Fsp3) is 0. The molecule has 0 amide bonds. The molecular formula is C17H12FN5S. The summed E-state index contributed by atoms with van der Waals surface area (Å²) in [5.41, 5.74) is 7.69. The Kier molecular flexibility index (Phi) is 3.35. The summed E-state index contributed by atoms with van der Waals surface area (Å²) in [7, 11) is 0. The van der Waals surface area contributed by atoms with Gasteiger partial charge in [-0.05, 0) is 35.7 Å². The summed E-state index contributed by atoms with van der Waals surface area (Å²) < 4.78 is 15.7. The average molecular weight is 337 g/mol. The summed E-state index contributed by atoms with van der Waals surface area (Å²) in [5, 5.41) is 14.2. The van der Waals surface area contributed by atoms with Gasteiger partial charge in [0.05, 0.1) is 21.7 Å². The van der Waals surface area contributed by atoms with Crippen LogP contribution >= 0.6 is 11.3 Å². The molecular weight excluding hydrogens is 325 g/mol. The molecule has 0 bridgehead atoms. The van der Waals surface area contributed by atoms with Gasteiger partial charge in [-0.3, -0.25) is 5.41 Å². The van der Waals surface area contributed by atoms with Crippen LogP contribution < -0.4 is 5.73 Å². The summed E-state index contributed by atoms with van der Waals surface area (Å²) in [6.45, 7) is 0. The van der Waals surface area contributed by atoms with Crippen LogP contribution in [0.15, 0.2) is 53.9 Å². The zero-order valence-corrected chi connectivity index (χ0v) is 13.2. The number of rotatable bonds is 3. The normalized spacial score (nSPS) is 11.0. The monoisotopic (exact) mass is 337 g/mol. The summed E-state index contributed by atoms with van der Waals surface area (Å²) in [5.74, 6) is -0.236. The third-order valence-electron chi connectivity index (χ3n) is 3.66. The summed E-state index contributed by atoms with van der Waals surface area (Å²) in [6.07, 6.45) is 0. The molecule has 0 aliphatic heterocycles. The van der Waals surface area contributed by atoms with E-state index in [4.69, 9.17) is 11.1 Å². The van der Waals surface area contributed by atoms with Crippen LogP contribution in [0.5, 0.6) is 0 Å². The van der Waals surface area contributed by atoms with Gasteiger partial charge in [-0.15, -0.1) is 16.4 Å². The minimum Gasteiger partial charge on any atom is -0.384 e. The van der Waals surface area contributed by atoms with Gasteiger partial charge in [-0.2, -0.15) is 0 Å². The van der Waals surface area contributed by atoms with Gasteiger partial charge in [-0.1, -0.05) is 18.2 Å². The highest BCUT2D eigenvalue weighted by Gasteiger charge is 2.17. The third-order valence-corrected chi connectivity index (χ3v) is 4.56.